The number of carbonyl (C=O) groups excluding carboxylic acids is 2. The zero-order valence-electron chi connectivity index (χ0n) is 9.02. The third-order valence-corrected chi connectivity index (χ3v) is 2.15. The number of hydrogen-bond donors (Lipinski definition) is 0. The molecular weight excluding hydrogens is 200 g/mol. The van der Waals surface area contributed by atoms with E-state index < -0.39 is 0 Å². The standard InChI is InChI=1S/C10H16O5/c1-7(11)14-6-10-9(15-8(2)12)4-3-5-13-10/h9-10H,3-6H2,1-2H3. The minimum absolute atomic E-state index is 0.146. The Morgan fingerprint density at radius 3 is 2.67 bits per heavy atom. The largest absolute Gasteiger partial charge is 0.463 e. The van der Waals surface area contributed by atoms with Gasteiger partial charge in [-0.15, -0.1) is 0 Å². The molecule has 0 aromatic carbocycles. The van der Waals surface area contributed by atoms with Crippen molar-refractivity contribution in [2.24, 2.45) is 0 Å². The summed E-state index contributed by atoms with van der Waals surface area (Å²) in [5.41, 5.74) is 0. The van der Waals surface area contributed by atoms with Crippen molar-refractivity contribution in [2.45, 2.75) is 38.9 Å². The van der Waals surface area contributed by atoms with E-state index in [1.807, 2.05) is 0 Å². The van der Waals surface area contributed by atoms with Gasteiger partial charge in [-0.25, -0.2) is 0 Å². The summed E-state index contributed by atoms with van der Waals surface area (Å²) >= 11 is 0. The Labute approximate surface area is 88.7 Å². The number of carbonyl (C=O) groups is 2. The van der Waals surface area contributed by atoms with Crippen LogP contribution in [0.3, 0.4) is 0 Å². The van der Waals surface area contributed by atoms with Gasteiger partial charge in [0.05, 0.1) is 0 Å². The Morgan fingerprint density at radius 2 is 2.07 bits per heavy atom. The van der Waals surface area contributed by atoms with Crippen molar-refractivity contribution in [2.75, 3.05) is 13.2 Å². The highest BCUT2D eigenvalue weighted by Crippen LogP contribution is 2.17. The van der Waals surface area contributed by atoms with E-state index in [9.17, 15) is 9.59 Å². The molecular formula is C10H16O5. The molecule has 0 aromatic heterocycles. The van der Waals surface area contributed by atoms with Crippen LogP contribution in [0, 0.1) is 0 Å². The lowest BCUT2D eigenvalue weighted by Crippen LogP contribution is -2.40. The highest BCUT2D eigenvalue weighted by molar-refractivity contribution is 5.66. The summed E-state index contributed by atoms with van der Waals surface area (Å²) in [7, 11) is 0. The third kappa shape index (κ3) is 4.29. The van der Waals surface area contributed by atoms with Gasteiger partial charge < -0.3 is 14.2 Å². The first-order valence-electron chi connectivity index (χ1n) is 5.02. The summed E-state index contributed by atoms with van der Waals surface area (Å²) in [5, 5.41) is 0. The predicted molar refractivity (Wildman–Crippen MR) is 51.2 cm³/mol. The number of hydrogen-bond acceptors (Lipinski definition) is 5. The van der Waals surface area contributed by atoms with Crippen LogP contribution in [0.2, 0.25) is 0 Å². The van der Waals surface area contributed by atoms with Crippen LogP contribution < -0.4 is 0 Å². The van der Waals surface area contributed by atoms with Gasteiger partial charge in [0.15, 0.2) is 0 Å². The fraction of sp³-hybridized carbons (Fsp3) is 0.800. The molecule has 15 heavy (non-hydrogen) atoms. The average molecular weight is 216 g/mol. The molecule has 86 valence electrons. The van der Waals surface area contributed by atoms with E-state index in [1.54, 1.807) is 0 Å². The molecule has 0 bridgehead atoms. The van der Waals surface area contributed by atoms with E-state index in [0.717, 1.165) is 12.8 Å². The van der Waals surface area contributed by atoms with Crippen LogP contribution in [0.15, 0.2) is 0 Å². The van der Waals surface area contributed by atoms with Crippen LogP contribution in [0.5, 0.6) is 0 Å². The van der Waals surface area contributed by atoms with Crippen LogP contribution >= 0.6 is 0 Å². The molecule has 1 rings (SSSR count). The van der Waals surface area contributed by atoms with E-state index in [4.69, 9.17) is 14.2 Å². The van der Waals surface area contributed by atoms with Crippen LogP contribution in [0.4, 0.5) is 0 Å². The van der Waals surface area contributed by atoms with Crippen LogP contribution in [0.25, 0.3) is 0 Å². The normalized spacial score (nSPS) is 25.7. The monoisotopic (exact) mass is 216 g/mol. The number of rotatable bonds is 3. The maximum absolute atomic E-state index is 10.8. The molecule has 1 aliphatic heterocycles. The predicted octanol–water partition coefficient (Wildman–Crippen LogP) is 0.660. The molecule has 0 saturated carbocycles. The fourth-order valence-corrected chi connectivity index (χ4v) is 1.52. The molecule has 1 fully saturated rings. The molecule has 0 aliphatic carbocycles. The molecule has 2 atom stereocenters. The quantitative estimate of drug-likeness (QED) is 0.648. The van der Waals surface area contributed by atoms with Gasteiger partial charge in [0.1, 0.15) is 18.8 Å². The van der Waals surface area contributed by atoms with E-state index >= 15 is 0 Å². The topological polar surface area (TPSA) is 61.8 Å². The zero-order valence-corrected chi connectivity index (χ0v) is 9.02. The summed E-state index contributed by atoms with van der Waals surface area (Å²) in [5.74, 6) is -0.691. The van der Waals surface area contributed by atoms with Crippen molar-refractivity contribution >= 4 is 11.9 Å². The van der Waals surface area contributed by atoms with Crippen LogP contribution in [-0.2, 0) is 23.8 Å². The Morgan fingerprint density at radius 1 is 1.33 bits per heavy atom. The number of ether oxygens (including phenoxy) is 3. The zero-order chi connectivity index (χ0) is 11.3. The lowest BCUT2D eigenvalue weighted by Gasteiger charge is -2.30. The first-order valence-corrected chi connectivity index (χ1v) is 5.02. The highest BCUT2D eigenvalue weighted by atomic mass is 16.6. The minimum atomic E-state index is -0.356. The van der Waals surface area contributed by atoms with Gasteiger partial charge in [-0.2, -0.15) is 0 Å². The van der Waals surface area contributed by atoms with E-state index in [-0.39, 0.29) is 30.8 Å². The second kappa shape index (κ2) is 5.70. The molecule has 0 N–H and O–H groups in total. The molecule has 0 spiro atoms. The molecule has 1 heterocycles. The Hall–Kier alpha value is -1.10. The Kier molecular flexibility index (Phi) is 4.55. The van der Waals surface area contributed by atoms with E-state index in [1.165, 1.54) is 13.8 Å². The lowest BCUT2D eigenvalue weighted by molar-refractivity contribution is -0.170. The highest BCUT2D eigenvalue weighted by Gasteiger charge is 2.29. The average Bonchev–Trinajstić information content (AvgIpc) is 2.15. The molecule has 5 heteroatoms. The van der Waals surface area contributed by atoms with Gasteiger partial charge >= 0.3 is 11.9 Å². The fourth-order valence-electron chi connectivity index (χ4n) is 1.52. The summed E-state index contributed by atoms with van der Waals surface area (Å²) in [6.45, 7) is 3.46. The van der Waals surface area contributed by atoms with Crippen molar-refractivity contribution in [3.63, 3.8) is 0 Å². The second-order valence-corrected chi connectivity index (χ2v) is 3.50. The van der Waals surface area contributed by atoms with Gasteiger partial charge in [-0.3, -0.25) is 9.59 Å². The van der Waals surface area contributed by atoms with Gasteiger partial charge in [-0.05, 0) is 12.8 Å². The van der Waals surface area contributed by atoms with Crippen LogP contribution in [-0.4, -0.2) is 37.4 Å². The SMILES string of the molecule is CC(=O)OCC1OCCCC1OC(C)=O. The van der Waals surface area contributed by atoms with E-state index in [2.05, 4.69) is 0 Å². The van der Waals surface area contributed by atoms with Gasteiger partial charge in [-0.1, -0.05) is 0 Å². The van der Waals surface area contributed by atoms with Gasteiger partial charge in [0, 0.05) is 20.5 Å². The molecule has 1 saturated heterocycles. The third-order valence-electron chi connectivity index (χ3n) is 2.15. The lowest BCUT2D eigenvalue weighted by atomic mass is 10.1. The summed E-state index contributed by atoms with van der Waals surface area (Å²) < 4.78 is 15.3. The molecule has 2 unspecified atom stereocenters. The van der Waals surface area contributed by atoms with Crippen molar-refractivity contribution in [3.05, 3.63) is 0 Å². The maximum atomic E-state index is 10.8. The Balaban J connectivity index is 2.42. The summed E-state index contributed by atoms with van der Waals surface area (Å²) in [6, 6.07) is 0. The number of esters is 2. The molecule has 0 radical (unpaired) electrons. The van der Waals surface area contributed by atoms with Gasteiger partial charge in [0.25, 0.3) is 0 Å². The Bertz CT molecular complexity index is 238. The van der Waals surface area contributed by atoms with E-state index in [0.29, 0.717) is 6.61 Å². The molecule has 0 amide bonds. The van der Waals surface area contributed by atoms with Crippen molar-refractivity contribution in [1.82, 2.24) is 0 Å². The molecule has 0 aromatic rings. The van der Waals surface area contributed by atoms with Crippen molar-refractivity contribution in [3.8, 4) is 0 Å². The summed E-state index contributed by atoms with van der Waals surface area (Å²) in [6.07, 6.45) is 0.988. The molecule has 1 aliphatic rings. The minimum Gasteiger partial charge on any atom is -0.463 e. The second-order valence-electron chi connectivity index (χ2n) is 3.50. The smallest absolute Gasteiger partial charge is 0.302 e. The first kappa shape index (κ1) is 12.0. The molecule has 5 nitrogen and oxygen atoms in total. The van der Waals surface area contributed by atoms with Crippen molar-refractivity contribution < 1.29 is 23.8 Å². The van der Waals surface area contributed by atoms with Crippen LogP contribution in [0.1, 0.15) is 26.7 Å². The summed E-state index contributed by atoms with van der Waals surface area (Å²) in [4.78, 5) is 21.4. The van der Waals surface area contributed by atoms with Gasteiger partial charge in [0.2, 0.25) is 0 Å². The van der Waals surface area contributed by atoms with Crippen molar-refractivity contribution in [1.29, 1.82) is 0 Å². The maximum Gasteiger partial charge on any atom is 0.302 e. The first-order chi connectivity index (χ1) is 7.09.